The first kappa shape index (κ1) is 30.0. The number of fused-ring (bicyclic) bond motifs is 1. The molecule has 0 aliphatic carbocycles. The number of likely N-dealkylation sites (tertiary alicyclic amines) is 2. The molecule has 2 aliphatic rings. The average Bonchev–Trinajstić information content (AvgIpc) is 3.73. The summed E-state index contributed by atoms with van der Waals surface area (Å²) in [4.78, 5) is 51.5. The van der Waals surface area contributed by atoms with Crippen molar-refractivity contribution in [3.63, 3.8) is 0 Å². The van der Waals surface area contributed by atoms with Crippen LogP contribution in [0.2, 0.25) is 0 Å². The van der Waals surface area contributed by atoms with E-state index < -0.39 is 6.04 Å². The molecule has 2 aliphatic heterocycles. The first-order valence-corrected chi connectivity index (χ1v) is 15.1. The van der Waals surface area contributed by atoms with Crippen LogP contribution >= 0.6 is 11.3 Å². The Balaban J connectivity index is 0.00000189. The maximum absolute atomic E-state index is 13.6. The molecule has 1 aromatic carbocycles. The number of hydrogen-bond donors (Lipinski definition) is 3. The lowest BCUT2D eigenvalue weighted by Gasteiger charge is -2.25. The lowest BCUT2D eigenvalue weighted by molar-refractivity contribution is -0.140. The van der Waals surface area contributed by atoms with Crippen LogP contribution in [0.15, 0.2) is 39.9 Å². The number of nitrogens with one attached hydrogen (secondary N) is 3. The number of aromatic nitrogens is 1. The number of carbonyl (C=O) groups is 3. The van der Waals surface area contributed by atoms with Crippen molar-refractivity contribution in [2.75, 3.05) is 43.9 Å². The quantitative estimate of drug-likeness (QED) is 0.289. The van der Waals surface area contributed by atoms with Gasteiger partial charge in [-0.2, -0.15) is 0 Å². The van der Waals surface area contributed by atoms with Gasteiger partial charge >= 0.3 is 0 Å². The molecular weight excluding hydrogens is 542 g/mol. The van der Waals surface area contributed by atoms with Gasteiger partial charge in [0.25, 0.3) is 5.91 Å². The number of aliphatic imine (C=N–C) groups is 1. The second-order valence-electron chi connectivity index (χ2n) is 9.81. The number of hydrogen-bond acceptors (Lipinski definition) is 7. The predicted molar refractivity (Wildman–Crippen MR) is 163 cm³/mol. The van der Waals surface area contributed by atoms with Gasteiger partial charge in [-0.1, -0.05) is 25.2 Å². The van der Waals surface area contributed by atoms with Crippen LogP contribution in [-0.2, 0) is 9.59 Å². The van der Waals surface area contributed by atoms with Crippen LogP contribution in [0.5, 0.6) is 0 Å². The molecule has 5 rings (SSSR count). The van der Waals surface area contributed by atoms with Gasteiger partial charge < -0.3 is 30.2 Å². The smallest absolute Gasteiger partial charge is 0.262 e. The maximum Gasteiger partial charge on any atom is 0.262 e. The number of aryl methyl sites for hydroxylation is 1. The first-order chi connectivity index (χ1) is 19.9. The summed E-state index contributed by atoms with van der Waals surface area (Å²) in [7, 11) is 1.56. The Kier molecular flexibility index (Phi) is 10.3. The fraction of sp³-hybridized carbons (Fsp3) is 0.483. The lowest BCUT2D eigenvalue weighted by atomic mass is 10.1. The predicted octanol–water partition coefficient (Wildman–Crippen LogP) is 4.47. The third-order valence-corrected chi connectivity index (χ3v) is 7.82. The Morgan fingerprint density at radius 3 is 2.61 bits per heavy atom. The Morgan fingerprint density at radius 2 is 1.85 bits per heavy atom. The minimum atomic E-state index is -0.660. The number of benzene rings is 1. The molecule has 2 saturated heterocycles. The van der Waals surface area contributed by atoms with Crippen LogP contribution in [0.3, 0.4) is 0 Å². The summed E-state index contributed by atoms with van der Waals surface area (Å²) in [6, 6.07) is 6.98. The molecule has 3 amide bonds. The van der Waals surface area contributed by atoms with Crippen molar-refractivity contribution >= 4 is 56.8 Å². The van der Waals surface area contributed by atoms with Crippen molar-refractivity contribution in [2.45, 2.75) is 58.9 Å². The third kappa shape index (κ3) is 7.63. The van der Waals surface area contributed by atoms with Crippen molar-refractivity contribution < 1.29 is 18.8 Å². The van der Waals surface area contributed by atoms with E-state index in [-0.39, 0.29) is 24.3 Å². The van der Waals surface area contributed by atoms with Crippen molar-refractivity contribution in [2.24, 2.45) is 4.99 Å². The number of furan rings is 1. The van der Waals surface area contributed by atoms with E-state index in [0.29, 0.717) is 28.9 Å². The molecule has 41 heavy (non-hydrogen) atoms. The molecule has 0 bridgehead atoms. The lowest BCUT2D eigenvalue weighted by Crippen LogP contribution is -2.45. The van der Waals surface area contributed by atoms with Gasteiger partial charge in [0.05, 0.1) is 12.7 Å². The molecule has 11 nitrogen and oxygen atoms in total. The molecule has 2 fully saturated rings. The Bertz CT molecular complexity index is 1390. The summed E-state index contributed by atoms with van der Waals surface area (Å²) in [5.74, 6) is 0.747. The zero-order valence-corrected chi connectivity index (χ0v) is 25.0. The molecule has 12 heteroatoms. The van der Waals surface area contributed by atoms with E-state index in [1.807, 2.05) is 49.9 Å². The number of amides is 3. The topological polar surface area (TPSA) is 132 Å². The SMILES string of the molecule is CC.CNC(=O)c1cnc(NC(=NC2CCCCN(CC(=O)N3CCCC3)C2=O)Nc2ccc3oc(C)cc3c2)s1. The van der Waals surface area contributed by atoms with E-state index in [1.165, 1.54) is 17.5 Å². The number of nitrogens with zero attached hydrogens (tertiary/aromatic N) is 4. The zero-order valence-electron chi connectivity index (χ0n) is 24.2. The van der Waals surface area contributed by atoms with Crippen molar-refractivity contribution in [3.8, 4) is 0 Å². The van der Waals surface area contributed by atoms with E-state index >= 15 is 0 Å². The molecule has 0 saturated carbocycles. The van der Waals surface area contributed by atoms with E-state index in [0.717, 1.165) is 61.2 Å². The van der Waals surface area contributed by atoms with Gasteiger partial charge in [0, 0.05) is 37.8 Å². The van der Waals surface area contributed by atoms with Crippen LogP contribution < -0.4 is 16.0 Å². The number of thiazole rings is 1. The van der Waals surface area contributed by atoms with Crippen LogP contribution in [0.1, 0.15) is 61.4 Å². The van der Waals surface area contributed by atoms with Gasteiger partial charge in [-0.05, 0) is 63.3 Å². The normalized spacial score (nSPS) is 17.6. The fourth-order valence-electron chi connectivity index (χ4n) is 4.89. The summed E-state index contributed by atoms with van der Waals surface area (Å²) in [5.41, 5.74) is 1.52. The highest BCUT2D eigenvalue weighted by Gasteiger charge is 2.30. The van der Waals surface area contributed by atoms with Crippen LogP contribution in [-0.4, -0.2) is 77.7 Å². The summed E-state index contributed by atoms with van der Waals surface area (Å²) < 4.78 is 5.69. The van der Waals surface area contributed by atoms with Crippen molar-refractivity contribution in [3.05, 3.63) is 41.1 Å². The Labute approximate surface area is 244 Å². The standard InChI is InChI=1S/C27H33N7O4S.C2H6/c1-17-13-18-14-19(8-9-21(18)38-17)30-26(32-27-29-15-22(39-27)24(36)28-2)31-20-7-3-4-12-34(25(20)37)16-23(35)33-10-5-6-11-33;1-2/h8-9,13-15,20H,3-7,10-12,16H2,1-2H3,(H,28,36)(H2,29,30,31,32);1-2H3. The molecule has 0 spiro atoms. The minimum Gasteiger partial charge on any atom is -0.461 e. The molecular formula is C29H39N7O4S. The summed E-state index contributed by atoms with van der Waals surface area (Å²) in [5, 5.41) is 10.4. The van der Waals surface area contributed by atoms with Gasteiger partial charge in [0.15, 0.2) is 5.13 Å². The molecule has 3 aromatic rings. The molecule has 0 radical (unpaired) electrons. The summed E-state index contributed by atoms with van der Waals surface area (Å²) >= 11 is 1.18. The highest BCUT2D eigenvalue weighted by Crippen LogP contribution is 2.24. The first-order valence-electron chi connectivity index (χ1n) is 14.3. The highest BCUT2D eigenvalue weighted by molar-refractivity contribution is 7.17. The third-order valence-electron chi connectivity index (χ3n) is 6.91. The largest absolute Gasteiger partial charge is 0.461 e. The van der Waals surface area contributed by atoms with Gasteiger partial charge in [0.2, 0.25) is 17.8 Å². The van der Waals surface area contributed by atoms with Crippen LogP contribution in [0, 0.1) is 6.92 Å². The molecule has 1 unspecified atom stereocenters. The summed E-state index contributed by atoms with van der Waals surface area (Å²) in [6.07, 6.45) is 5.72. The second-order valence-corrected chi connectivity index (χ2v) is 10.8. The van der Waals surface area contributed by atoms with Crippen LogP contribution in [0.4, 0.5) is 10.8 Å². The van der Waals surface area contributed by atoms with Gasteiger partial charge in [-0.3, -0.25) is 14.4 Å². The average molecular weight is 582 g/mol. The van der Waals surface area contributed by atoms with Crippen molar-refractivity contribution in [1.29, 1.82) is 0 Å². The van der Waals surface area contributed by atoms with Gasteiger partial charge in [-0.15, -0.1) is 0 Å². The maximum atomic E-state index is 13.6. The van der Waals surface area contributed by atoms with E-state index in [4.69, 9.17) is 9.41 Å². The number of anilines is 2. The molecule has 3 N–H and O–H groups in total. The zero-order chi connectivity index (χ0) is 29.4. The monoisotopic (exact) mass is 581 g/mol. The minimum absolute atomic E-state index is 0.00447. The van der Waals surface area contributed by atoms with Crippen LogP contribution in [0.25, 0.3) is 11.0 Å². The molecule has 2 aromatic heterocycles. The van der Waals surface area contributed by atoms with Crippen molar-refractivity contribution in [1.82, 2.24) is 20.1 Å². The summed E-state index contributed by atoms with van der Waals surface area (Å²) in [6.45, 7) is 8.03. The Morgan fingerprint density at radius 1 is 1.10 bits per heavy atom. The molecule has 220 valence electrons. The van der Waals surface area contributed by atoms with E-state index in [2.05, 4.69) is 20.9 Å². The highest BCUT2D eigenvalue weighted by atomic mass is 32.1. The molecule has 4 heterocycles. The fourth-order valence-corrected chi connectivity index (χ4v) is 5.66. The van der Waals surface area contributed by atoms with Gasteiger partial charge in [-0.25, -0.2) is 9.98 Å². The van der Waals surface area contributed by atoms with E-state index in [9.17, 15) is 14.4 Å². The second kappa shape index (κ2) is 14.1. The molecule has 1 atom stereocenters. The number of rotatable bonds is 6. The number of carbonyl (C=O) groups excluding carboxylic acids is 3. The van der Waals surface area contributed by atoms with Gasteiger partial charge in [0.1, 0.15) is 22.3 Å². The van der Waals surface area contributed by atoms with E-state index in [1.54, 1.807) is 11.9 Å². The Hall–Kier alpha value is -3.93. The number of guanidine groups is 1.